The number of amides is 1. The number of piperidine rings is 1. The van der Waals surface area contributed by atoms with Crippen molar-refractivity contribution in [2.45, 2.75) is 26.7 Å². The van der Waals surface area contributed by atoms with Crippen LogP contribution in [0.3, 0.4) is 0 Å². The quantitative estimate of drug-likeness (QED) is 0.720. The van der Waals surface area contributed by atoms with Gasteiger partial charge in [-0.2, -0.15) is 4.68 Å². The van der Waals surface area contributed by atoms with Gasteiger partial charge in [-0.1, -0.05) is 28.5 Å². The van der Waals surface area contributed by atoms with Gasteiger partial charge in [0.1, 0.15) is 11.3 Å². The van der Waals surface area contributed by atoms with Crippen molar-refractivity contribution in [3.8, 4) is 5.69 Å². The third kappa shape index (κ3) is 3.60. The van der Waals surface area contributed by atoms with Crippen LogP contribution in [0.5, 0.6) is 0 Å². The summed E-state index contributed by atoms with van der Waals surface area (Å²) in [5.74, 6) is 1.46. The van der Waals surface area contributed by atoms with Crippen molar-refractivity contribution in [3.05, 3.63) is 47.3 Å². The van der Waals surface area contributed by atoms with Gasteiger partial charge in [0.05, 0.1) is 11.4 Å². The molecule has 1 fully saturated rings. The summed E-state index contributed by atoms with van der Waals surface area (Å²) in [6.45, 7) is 5.79. The molecule has 28 heavy (non-hydrogen) atoms. The molecule has 1 aliphatic rings. The molecular formula is C19H23N7O2. The number of para-hydroxylation sites is 1. The van der Waals surface area contributed by atoms with E-state index in [4.69, 9.17) is 4.52 Å². The highest BCUT2D eigenvalue weighted by Crippen LogP contribution is 2.23. The molecule has 3 aromatic rings. The summed E-state index contributed by atoms with van der Waals surface area (Å²) < 4.78 is 6.84. The van der Waals surface area contributed by atoms with Crippen LogP contribution in [0.15, 0.2) is 34.9 Å². The van der Waals surface area contributed by atoms with Gasteiger partial charge in [0.2, 0.25) is 5.95 Å². The lowest BCUT2D eigenvalue weighted by atomic mass is 9.98. The zero-order chi connectivity index (χ0) is 19.5. The van der Waals surface area contributed by atoms with Crippen LogP contribution in [0.4, 0.5) is 5.95 Å². The van der Waals surface area contributed by atoms with Gasteiger partial charge >= 0.3 is 0 Å². The van der Waals surface area contributed by atoms with E-state index in [-0.39, 0.29) is 5.91 Å². The van der Waals surface area contributed by atoms with Crippen LogP contribution in [0, 0.1) is 19.8 Å². The van der Waals surface area contributed by atoms with Crippen molar-refractivity contribution < 1.29 is 9.32 Å². The minimum Gasteiger partial charge on any atom is -0.361 e. The molecule has 0 saturated carbocycles. The Hall–Kier alpha value is -3.23. The molecule has 1 amide bonds. The highest BCUT2D eigenvalue weighted by Gasteiger charge is 2.26. The third-order valence-electron chi connectivity index (χ3n) is 5.07. The first kappa shape index (κ1) is 18.1. The van der Waals surface area contributed by atoms with Crippen molar-refractivity contribution >= 4 is 11.9 Å². The Kier molecular flexibility index (Phi) is 5.05. The monoisotopic (exact) mass is 381 g/mol. The van der Waals surface area contributed by atoms with Gasteiger partial charge in [-0.05, 0) is 55.2 Å². The van der Waals surface area contributed by atoms with Gasteiger partial charge in [0.25, 0.3) is 5.91 Å². The fourth-order valence-electron chi connectivity index (χ4n) is 3.66. The number of hydrogen-bond donors (Lipinski definition) is 1. The number of aryl methyl sites for hydroxylation is 2. The van der Waals surface area contributed by atoms with E-state index < -0.39 is 0 Å². The number of tetrazole rings is 1. The van der Waals surface area contributed by atoms with Crippen molar-refractivity contribution in [2.24, 2.45) is 5.92 Å². The standard InChI is InChI=1S/C19H23N7O2/c1-13-17(14(2)28-22-13)18(27)20-11-15-7-6-10-25(12-15)19-21-23-24-26(19)16-8-4-3-5-9-16/h3-5,8-9,15H,6-7,10-12H2,1-2H3,(H,20,27)/t15-/m1/s1. The average molecular weight is 381 g/mol. The lowest BCUT2D eigenvalue weighted by molar-refractivity contribution is 0.0943. The molecule has 1 N–H and O–H groups in total. The van der Waals surface area contributed by atoms with E-state index in [0.717, 1.165) is 37.6 Å². The van der Waals surface area contributed by atoms with E-state index >= 15 is 0 Å². The summed E-state index contributed by atoms with van der Waals surface area (Å²) in [4.78, 5) is 14.7. The second-order valence-corrected chi connectivity index (χ2v) is 7.09. The van der Waals surface area contributed by atoms with E-state index in [9.17, 15) is 4.79 Å². The second kappa shape index (κ2) is 7.79. The van der Waals surface area contributed by atoms with Crippen LogP contribution in [-0.2, 0) is 0 Å². The summed E-state index contributed by atoms with van der Waals surface area (Å²) >= 11 is 0. The number of benzene rings is 1. The Balaban J connectivity index is 1.42. The Morgan fingerprint density at radius 1 is 1.29 bits per heavy atom. The maximum atomic E-state index is 12.5. The number of aromatic nitrogens is 5. The number of rotatable bonds is 5. The van der Waals surface area contributed by atoms with E-state index in [0.29, 0.717) is 29.5 Å². The molecule has 4 rings (SSSR count). The minimum absolute atomic E-state index is 0.137. The molecule has 3 heterocycles. The normalized spacial score (nSPS) is 16.9. The third-order valence-corrected chi connectivity index (χ3v) is 5.07. The summed E-state index contributed by atoms with van der Waals surface area (Å²) in [6.07, 6.45) is 2.07. The minimum atomic E-state index is -0.137. The lowest BCUT2D eigenvalue weighted by Gasteiger charge is -2.33. The predicted molar refractivity (Wildman–Crippen MR) is 102 cm³/mol. The lowest BCUT2D eigenvalue weighted by Crippen LogP contribution is -2.42. The Labute approximate surface area is 162 Å². The molecule has 1 aliphatic heterocycles. The van der Waals surface area contributed by atoms with Gasteiger partial charge in [-0.25, -0.2) is 0 Å². The summed E-state index contributed by atoms with van der Waals surface area (Å²) in [6, 6.07) is 9.84. The molecule has 1 atom stereocenters. The highest BCUT2D eigenvalue weighted by atomic mass is 16.5. The molecule has 0 aliphatic carbocycles. The fourth-order valence-corrected chi connectivity index (χ4v) is 3.66. The zero-order valence-corrected chi connectivity index (χ0v) is 16.0. The molecular weight excluding hydrogens is 358 g/mol. The van der Waals surface area contributed by atoms with E-state index in [2.05, 4.69) is 30.9 Å². The molecule has 2 aromatic heterocycles. The molecule has 0 spiro atoms. The SMILES string of the molecule is Cc1noc(C)c1C(=O)NC[C@H]1CCCN(c2nnnn2-c2ccccc2)C1. The molecule has 9 heteroatoms. The van der Waals surface area contributed by atoms with Crippen LogP contribution >= 0.6 is 0 Å². The topological polar surface area (TPSA) is 102 Å². The average Bonchev–Trinajstić information content (AvgIpc) is 3.34. The number of carbonyl (C=O) groups is 1. The highest BCUT2D eigenvalue weighted by molar-refractivity contribution is 5.96. The molecule has 1 aromatic carbocycles. The Bertz CT molecular complexity index is 931. The molecule has 9 nitrogen and oxygen atoms in total. The number of carbonyl (C=O) groups excluding carboxylic acids is 1. The molecule has 0 bridgehead atoms. The fraction of sp³-hybridized carbons (Fsp3) is 0.421. The number of hydrogen-bond acceptors (Lipinski definition) is 7. The van der Waals surface area contributed by atoms with Gasteiger partial charge in [-0.15, -0.1) is 0 Å². The van der Waals surface area contributed by atoms with Crippen LogP contribution in [0.2, 0.25) is 0 Å². The van der Waals surface area contributed by atoms with E-state index in [1.807, 2.05) is 30.3 Å². The van der Waals surface area contributed by atoms with E-state index in [1.54, 1.807) is 18.5 Å². The summed E-state index contributed by atoms with van der Waals surface area (Å²) in [5, 5.41) is 19.1. The smallest absolute Gasteiger partial charge is 0.256 e. The van der Waals surface area contributed by atoms with Crippen molar-refractivity contribution in [1.29, 1.82) is 0 Å². The van der Waals surface area contributed by atoms with Gasteiger partial charge in [0, 0.05) is 19.6 Å². The van der Waals surface area contributed by atoms with Crippen molar-refractivity contribution in [2.75, 3.05) is 24.5 Å². The van der Waals surface area contributed by atoms with Gasteiger partial charge in [0.15, 0.2) is 0 Å². The molecule has 1 saturated heterocycles. The zero-order valence-electron chi connectivity index (χ0n) is 16.0. The summed E-state index contributed by atoms with van der Waals surface area (Å²) in [7, 11) is 0. The van der Waals surface area contributed by atoms with Gasteiger partial charge < -0.3 is 14.7 Å². The number of nitrogens with one attached hydrogen (secondary N) is 1. The first-order valence-corrected chi connectivity index (χ1v) is 9.43. The van der Waals surface area contributed by atoms with Crippen molar-refractivity contribution in [3.63, 3.8) is 0 Å². The van der Waals surface area contributed by atoms with Crippen LogP contribution < -0.4 is 10.2 Å². The second-order valence-electron chi connectivity index (χ2n) is 7.09. The van der Waals surface area contributed by atoms with E-state index in [1.165, 1.54) is 0 Å². The summed E-state index contributed by atoms with van der Waals surface area (Å²) in [5.41, 5.74) is 2.07. The molecule has 0 radical (unpaired) electrons. The number of nitrogens with zero attached hydrogens (tertiary/aromatic N) is 6. The Morgan fingerprint density at radius 3 is 2.86 bits per heavy atom. The first-order chi connectivity index (χ1) is 13.6. The maximum absolute atomic E-state index is 12.5. The van der Waals surface area contributed by atoms with Crippen LogP contribution in [0.1, 0.15) is 34.7 Å². The maximum Gasteiger partial charge on any atom is 0.256 e. The van der Waals surface area contributed by atoms with Crippen LogP contribution in [0.25, 0.3) is 5.69 Å². The van der Waals surface area contributed by atoms with Crippen LogP contribution in [-0.4, -0.2) is 50.9 Å². The Morgan fingerprint density at radius 2 is 2.11 bits per heavy atom. The van der Waals surface area contributed by atoms with Gasteiger partial charge in [-0.3, -0.25) is 4.79 Å². The largest absolute Gasteiger partial charge is 0.361 e. The van der Waals surface area contributed by atoms with Crippen molar-refractivity contribution in [1.82, 2.24) is 30.7 Å². The molecule has 0 unspecified atom stereocenters. The predicted octanol–water partition coefficient (Wildman–Crippen LogP) is 1.91. The first-order valence-electron chi connectivity index (χ1n) is 9.43. The molecule has 146 valence electrons. The number of anilines is 1.